The predicted octanol–water partition coefficient (Wildman–Crippen LogP) is 2.65. The third kappa shape index (κ3) is 1.63. The summed E-state index contributed by atoms with van der Waals surface area (Å²) in [5.41, 5.74) is 1.22. The summed E-state index contributed by atoms with van der Waals surface area (Å²) in [6.45, 7) is 1.91. The van der Waals surface area contributed by atoms with E-state index in [4.69, 9.17) is 11.6 Å². The monoisotopic (exact) mass is 242 g/mol. The van der Waals surface area contributed by atoms with Crippen LogP contribution in [0, 0.1) is 5.82 Å². The van der Waals surface area contributed by atoms with Gasteiger partial charge in [-0.05, 0) is 12.5 Å². The molecular formula is C11H12ClFN2O. The van der Waals surface area contributed by atoms with Gasteiger partial charge in [0.15, 0.2) is 0 Å². The molecule has 0 saturated carbocycles. The van der Waals surface area contributed by atoms with Gasteiger partial charge in [0.2, 0.25) is 5.91 Å². The smallest absolute Gasteiger partial charge is 0.247 e. The Bertz CT molecular complexity index is 450. The second kappa shape index (κ2) is 3.94. The van der Waals surface area contributed by atoms with Gasteiger partial charge in [0.1, 0.15) is 11.9 Å². The Kier molecular flexibility index (Phi) is 2.76. The number of hydrogen-bond acceptors (Lipinski definition) is 2. The zero-order chi connectivity index (χ0) is 11.9. The molecule has 1 atom stereocenters. The predicted molar refractivity (Wildman–Crippen MR) is 62.5 cm³/mol. The van der Waals surface area contributed by atoms with Gasteiger partial charge in [-0.2, -0.15) is 0 Å². The minimum atomic E-state index is -0.474. The van der Waals surface area contributed by atoms with Gasteiger partial charge in [-0.25, -0.2) is 4.39 Å². The number of nitrogens with zero attached hydrogens (tertiary/aromatic N) is 1. The molecular weight excluding hydrogens is 231 g/mol. The van der Waals surface area contributed by atoms with Crippen molar-refractivity contribution in [1.29, 1.82) is 0 Å². The van der Waals surface area contributed by atoms with Crippen LogP contribution in [0.5, 0.6) is 0 Å². The van der Waals surface area contributed by atoms with E-state index >= 15 is 0 Å². The van der Waals surface area contributed by atoms with Crippen LogP contribution in [-0.2, 0) is 4.79 Å². The topological polar surface area (TPSA) is 32.3 Å². The van der Waals surface area contributed by atoms with Crippen molar-refractivity contribution in [3.63, 3.8) is 0 Å². The Hall–Kier alpha value is -1.29. The lowest BCUT2D eigenvalue weighted by molar-refractivity contribution is -0.117. The SMILES string of the molecule is CCC1C(=O)Nc2cc(Cl)c(F)cc2N1C. The van der Waals surface area contributed by atoms with Crippen molar-refractivity contribution in [3.8, 4) is 0 Å². The van der Waals surface area contributed by atoms with E-state index in [9.17, 15) is 9.18 Å². The van der Waals surface area contributed by atoms with E-state index in [-0.39, 0.29) is 17.0 Å². The molecule has 1 aliphatic heterocycles. The first-order valence-electron chi connectivity index (χ1n) is 5.07. The first-order valence-corrected chi connectivity index (χ1v) is 5.45. The van der Waals surface area contributed by atoms with Gasteiger partial charge < -0.3 is 10.2 Å². The zero-order valence-corrected chi connectivity index (χ0v) is 9.81. The highest BCUT2D eigenvalue weighted by Gasteiger charge is 2.29. The fourth-order valence-electron chi connectivity index (χ4n) is 1.95. The van der Waals surface area contributed by atoms with Crippen LogP contribution in [0.2, 0.25) is 5.02 Å². The van der Waals surface area contributed by atoms with Crippen molar-refractivity contribution in [1.82, 2.24) is 0 Å². The van der Waals surface area contributed by atoms with E-state index in [1.807, 2.05) is 6.92 Å². The van der Waals surface area contributed by atoms with Gasteiger partial charge in [0, 0.05) is 13.1 Å². The van der Waals surface area contributed by atoms with Crippen molar-refractivity contribution >= 4 is 28.9 Å². The molecule has 0 fully saturated rings. The van der Waals surface area contributed by atoms with Crippen LogP contribution in [0.4, 0.5) is 15.8 Å². The standard InChI is InChI=1S/C11H12ClFN2O/c1-3-9-11(16)14-8-4-6(12)7(13)5-10(8)15(9)2/h4-5,9H,3H2,1-2H3,(H,14,16). The van der Waals surface area contributed by atoms with E-state index in [0.717, 1.165) is 0 Å². The quantitative estimate of drug-likeness (QED) is 0.821. The number of halogens is 2. The van der Waals surface area contributed by atoms with Gasteiger partial charge in [0.05, 0.1) is 16.4 Å². The second-order valence-corrected chi connectivity index (χ2v) is 4.21. The molecule has 3 nitrogen and oxygen atoms in total. The van der Waals surface area contributed by atoms with Crippen molar-refractivity contribution in [2.75, 3.05) is 17.3 Å². The van der Waals surface area contributed by atoms with Gasteiger partial charge in [-0.15, -0.1) is 0 Å². The molecule has 1 heterocycles. The molecule has 0 spiro atoms. The summed E-state index contributed by atoms with van der Waals surface area (Å²) >= 11 is 5.67. The van der Waals surface area contributed by atoms with E-state index in [1.54, 1.807) is 11.9 Å². The summed E-state index contributed by atoms with van der Waals surface area (Å²) in [6.07, 6.45) is 0.673. The van der Waals surface area contributed by atoms with Crippen LogP contribution in [0.1, 0.15) is 13.3 Å². The number of amides is 1. The molecule has 1 aliphatic rings. The molecule has 86 valence electrons. The summed E-state index contributed by atoms with van der Waals surface area (Å²) in [4.78, 5) is 13.5. The lowest BCUT2D eigenvalue weighted by Crippen LogP contribution is -2.45. The van der Waals surface area contributed by atoms with Crippen LogP contribution in [0.25, 0.3) is 0 Å². The van der Waals surface area contributed by atoms with Crippen molar-refractivity contribution in [2.45, 2.75) is 19.4 Å². The first kappa shape index (κ1) is 11.2. The van der Waals surface area contributed by atoms with E-state index in [2.05, 4.69) is 5.32 Å². The number of nitrogens with one attached hydrogen (secondary N) is 1. The number of carbonyl (C=O) groups is 1. The normalized spacial score (nSPS) is 19.4. The molecule has 0 aromatic heterocycles. The third-order valence-corrected chi connectivity index (χ3v) is 3.12. The summed E-state index contributed by atoms with van der Waals surface area (Å²) < 4.78 is 13.3. The summed E-state index contributed by atoms with van der Waals surface area (Å²) in [5, 5.41) is 2.74. The number of likely N-dealkylation sites (N-methyl/N-ethyl adjacent to an activating group) is 1. The molecule has 0 radical (unpaired) electrons. The molecule has 1 aromatic rings. The average molecular weight is 243 g/mol. The highest BCUT2D eigenvalue weighted by Crippen LogP contribution is 2.35. The van der Waals surface area contributed by atoms with Crippen molar-refractivity contribution in [2.24, 2.45) is 0 Å². The van der Waals surface area contributed by atoms with E-state index in [0.29, 0.717) is 17.8 Å². The lowest BCUT2D eigenvalue weighted by Gasteiger charge is -2.34. The maximum atomic E-state index is 13.3. The number of fused-ring (bicyclic) bond motifs is 1. The van der Waals surface area contributed by atoms with Crippen LogP contribution < -0.4 is 10.2 Å². The Morgan fingerprint density at radius 2 is 2.25 bits per heavy atom. The molecule has 1 aromatic carbocycles. The fourth-order valence-corrected chi connectivity index (χ4v) is 2.11. The van der Waals surface area contributed by atoms with Crippen LogP contribution in [0.3, 0.4) is 0 Å². The summed E-state index contributed by atoms with van der Waals surface area (Å²) in [5.74, 6) is -0.557. The molecule has 0 saturated heterocycles. The maximum absolute atomic E-state index is 13.3. The number of hydrogen-bond donors (Lipinski definition) is 1. The number of rotatable bonds is 1. The largest absolute Gasteiger partial charge is 0.361 e. The van der Waals surface area contributed by atoms with Crippen molar-refractivity contribution < 1.29 is 9.18 Å². The molecule has 1 unspecified atom stereocenters. The van der Waals surface area contributed by atoms with Crippen LogP contribution >= 0.6 is 11.6 Å². The lowest BCUT2D eigenvalue weighted by atomic mass is 10.1. The summed E-state index contributed by atoms with van der Waals surface area (Å²) in [7, 11) is 1.78. The number of anilines is 2. The molecule has 5 heteroatoms. The Labute approximate surface area is 98.2 Å². The second-order valence-electron chi connectivity index (χ2n) is 3.81. The van der Waals surface area contributed by atoms with E-state index in [1.165, 1.54) is 12.1 Å². The Morgan fingerprint density at radius 3 is 2.88 bits per heavy atom. The van der Waals surface area contributed by atoms with Gasteiger partial charge in [0.25, 0.3) is 0 Å². The number of benzene rings is 1. The fraction of sp³-hybridized carbons (Fsp3) is 0.364. The number of carbonyl (C=O) groups excluding carboxylic acids is 1. The minimum Gasteiger partial charge on any atom is -0.361 e. The van der Waals surface area contributed by atoms with Gasteiger partial charge in [-0.3, -0.25) is 4.79 Å². The van der Waals surface area contributed by atoms with Crippen LogP contribution in [-0.4, -0.2) is 19.0 Å². The van der Waals surface area contributed by atoms with Crippen LogP contribution in [0.15, 0.2) is 12.1 Å². The minimum absolute atomic E-state index is 0.0161. The zero-order valence-electron chi connectivity index (χ0n) is 9.05. The molecule has 1 amide bonds. The maximum Gasteiger partial charge on any atom is 0.247 e. The van der Waals surface area contributed by atoms with Crippen molar-refractivity contribution in [3.05, 3.63) is 23.0 Å². The summed E-state index contributed by atoms with van der Waals surface area (Å²) in [6, 6.07) is 2.53. The first-order chi connectivity index (χ1) is 7.54. The Balaban J connectivity index is 2.51. The van der Waals surface area contributed by atoms with Gasteiger partial charge in [-0.1, -0.05) is 18.5 Å². The molecule has 16 heavy (non-hydrogen) atoms. The molecule has 2 rings (SSSR count). The highest BCUT2D eigenvalue weighted by atomic mass is 35.5. The molecule has 1 N–H and O–H groups in total. The Morgan fingerprint density at radius 1 is 1.56 bits per heavy atom. The third-order valence-electron chi connectivity index (χ3n) is 2.83. The average Bonchev–Trinajstić information content (AvgIpc) is 2.22. The molecule has 0 bridgehead atoms. The van der Waals surface area contributed by atoms with Gasteiger partial charge >= 0.3 is 0 Å². The van der Waals surface area contributed by atoms with E-state index < -0.39 is 5.82 Å². The molecule has 0 aliphatic carbocycles. The highest BCUT2D eigenvalue weighted by molar-refractivity contribution is 6.31.